The number of para-hydroxylation sites is 2. The van der Waals surface area contributed by atoms with Crippen molar-refractivity contribution in [1.29, 1.82) is 0 Å². The molecule has 4 nitrogen and oxygen atoms in total. The summed E-state index contributed by atoms with van der Waals surface area (Å²) in [6.45, 7) is 6.76. The van der Waals surface area contributed by atoms with E-state index >= 15 is 0 Å². The Bertz CT molecular complexity index is 1050. The van der Waals surface area contributed by atoms with Crippen molar-refractivity contribution in [2.45, 2.75) is 13.5 Å². The van der Waals surface area contributed by atoms with Crippen molar-refractivity contribution in [2.24, 2.45) is 5.10 Å². The van der Waals surface area contributed by atoms with Crippen LogP contribution in [0.5, 0.6) is 0 Å². The number of benzene rings is 2. The standard InChI is InChI=1S/C20H18N4S/c1-3-12-24-14(2)16(15-8-4-6-10-18(15)24)13-21-23-20-22-17-9-5-7-11-19(17)25-20/h3-11,13H,1,12H2,2H3,(H,22,23)/b21-13-. The van der Waals surface area contributed by atoms with Gasteiger partial charge in [-0.3, -0.25) is 5.43 Å². The molecular weight excluding hydrogens is 328 g/mol. The van der Waals surface area contributed by atoms with Gasteiger partial charge in [-0.15, -0.1) is 6.58 Å². The molecule has 124 valence electrons. The van der Waals surface area contributed by atoms with Gasteiger partial charge in [0.15, 0.2) is 0 Å². The Morgan fingerprint density at radius 1 is 1.20 bits per heavy atom. The van der Waals surface area contributed by atoms with E-state index in [1.54, 1.807) is 11.3 Å². The molecule has 0 aliphatic rings. The zero-order valence-electron chi connectivity index (χ0n) is 13.9. The lowest BCUT2D eigenvalue weighted by molar-refractivity contribution is 0.828. The van der Waals surface area contributed by atoms with E-state index < -0.39 is 0 Å². The second-order valence-electron chi connectivity index (χ2n) is 5.77. The van der Waals surface area contributed by atoms with Gasteiger partial charge in [-0.05, 0) is 25.1 Å². The first-order valence-electron chi connectivity index (χ1n) is 8.11. The van der Waals surface area contributed by atoms with E-state index in [0.717, 1.165) is 27.5 Å². The van der Waals surface area contributed by atoms with Crippen LogP contribution in [0.4, 0.5) is 5.13 Å². The van der Waals surface area contributed by atoms with E-state index in [0.29, 0.717) is 0 Å². The van der Waals surface area contributed by atoms with Crippen LogP contribution in [0.1, 0.15) is 11.3 Å². The maximum atomic E-state index is 4.54. The molecule has 0 saturated heterocycles. The molecule has 4 aromatic rings. The molecule has 0 spiro atoms. The number of fused-ring (bicyclic) bond motifs is 2. The molecule has 0 aliphatic heterocycles. The lowest BCUT2D eigenvalue weighted by Crippen LogP contribution is -1.98. The molecule has 0 fully saturated rings. The summed E-state index contributed by atoms with van der Waals surface area (Å²) >= 11 is 1.60. The molecule has 4 rings (SSSR count). The number of hydrogen-bond acceptors (Lipinski definition) is 4. The minimum absolute atomic E-state index is 0.783. The molecule has 0 bridgehead atoms. The second-order valence-corrected chi connectivity index (χ2v) is 6.80. The lowest BCUT2D eigenvalue weighted by atomic mass is 10.1. The van der Waals surface area contributed by atoms with E-state index in [4.69, 9.17) is 0 Å². The molecule has 2 aromatic heterocycles. The zero-order valence-corrected chi connectivity index (χ0v) is 14.8. The van der Waals surface area contributed by atoms with Gasteiger partial charge in [0.1, 0.15) is 0 Å². The average Bonchev–Trinajstić information content (AvgIpc) is 3.16. The Kier molecular flexibility index (Phi) is 4.07. The highest BCUT2D eigenvalue weighted by molar-refractivity contribution is 7.22. The number of nitrogens with one attached hydrogen (secondary N) is 1. The molecular formula is C20H18N4S. The number of nitrogens with zero attached hydrogens (tertiary/aromatic N) is 3. The lowest BCUT2D eigenvalue weighted by Gasteiger charge is -2.03. The monoisotopic (exact) mass is 346 g/mol. The predicted molar refractivity (Wildman–Crippen MR) is 108 cm³/mol. The van der Waals surface area contributed by atoms with Gasteiger partial charge in [0.25, 0.3) is 0 Å². The number of hydrazone groups is 1. The number of hydrogen-bond donors (Lipinski definition) is 1. The fraction of sp³-hybridized carbons (Fsp3) is 0.100. The van der Waals surface area contributed by atoms with Crippen molar-refractivity contribution in [1.82, 2.24) is 9.55 Å². The molecule has 2 aromatic carbocycles. The van der Waals surface area contributed by atoms with Gasteiger partial charge in [0, 0.05) is 28.7 Å². The predicted octanol–water partition coefficient (Wildman–Crippen LogP) is 5.19. The normalized spacial score (nSPS) is 11.6. The van der Waals surface area contributed by atoms with Crippen molar-refractivity contribution < 1.29 is 0 Å². The summed E-state index contributed by atoms with van der Waals surface area (Å²) in [7, 11) is 0. The fourth-order valence-electron chi connectivity index (χ4n) is 3.06. The van der Waals surface area contributed by atoms with Gasteiger partial charge in [-0.1, -0.05) is 47.7 Å². The van der Waals surface area contributed by atoms with Crippen LogP contribution in [0.2, 0.25) is 0 Å². The molecule has 0 saturated carbocycles. The third kappa shape index (κ3) is 2.83. The molecule has 2 heterocycles. The minimum atomic E-state index is 0.783. The summed E-state index contributed by atoms with van der Waals surface area (Å²) in [5.74, 6) is 0. The Labute approximate surface area is 150 Å². The van der Waals surface area contributed by atoms with Crippen LogP contribution in [-0.4, -0.2) is 15.8 Å². The van der Waals surface area contributed by atoms with Crippen molar-refractivity contribution in [3.8, 4) is 0 Å². The molecule has 0 aliphatic carbocycles. The smallest absolute Gasteiger partial charge is 0.204 e. The van der Waals surface area contributed by atoms with Crippen LogP contribution in [-0.2, 0) is 6.54 Å². The van der Waals surface area contributed by atoms with Gasteiger partial charge in [-0.25, -0.2) is 4.98 Å². The molecule has 0 unspecified atom stereocenters. The van der Waals surface area contributed by atoms with E-state index in [1.165, 1.54) is 16.6 Å². The zero-order chi connectivity index (χ0) is 17.2. The summed E-state index contributed by atoms with van der Waals surface area (Å²) in [6.07, 6.45) is 3.79. The number of rotatable bonds is 5. The van der Waals surface area contributed by atoms with Gasteiger partial charge < -0.3 is 4.57 Å². The largest absolute Gasteiger partial charge is 0.340 e. The fourth-order valence-corrected chi connectivity index (χ4v) is 3.87. The second kappa shape index (κ2) is 6.53. The molecule has 0 amide bonds. The van der Waals surface area contributed by atoms with E-state index in [2.05, 4.69) is 63.9 Å². The highest BCUT2D eigenvalue weighted by Gasteiger charge is 2.11. The summed E-state index contributed by atoms with van der Waals surface area (Å²) in [5.41, 5.74) is 7.54. The van der Waals surface area contributed by atoms with Gasteiger partial charge in [0.05, 0.1) is 16.4 Å². The first kappa shape index (κ1) is 15.6. The third-order valence-corrected chi connectivity index (χ3v) is 5.18. The highest BCUT2D eigenvalue weighted by Crippen LogP contribution is 2.26. The van der Waals surface area contributed by atoms with Gasteiger partial charge in [0.2, 0.25) is 5.13 Å². The molecule has 1 N–H and O–H groups in total. The topological polar surface area (TPSA) is 42.2 Å². The summed E-state index contributed by atoms with van der Waals surface area (Å²) in [4.78, 5) is 4.54. The van der Waals surface area contributed by atoms with Crippen LogP contribution in [0.3, 0.4) is 0 Å². The van der Waals surface area contributed by atoms with Crippen LogP contribution >= 0.6 is 11.3 Å². The van der Waals surface area contributed by atoms with Gasteiger partial charge in [-0.2, -0.15) is 5.10 Å². The quantitative estimate of drug-likeness (QED) is 0.307. The molecule has 5 heteroatoms. The maximum absolute atomic E-state index is 4.54. The van der Waals surface area contributed by atoms with E-state index in [1.807, 2.05) is 30.5 Å². The summed E-state index contributed by atoms with van der Waals surface area (Å²) in [6, 6.07) is 16.5. The van der Waals surface area contributed by atoms with Crippen molar-refractivity contribution >= 4 is 43.8 Å². The number of aromatic nitrogens is 2. The van der Waals surface area contributed by atoms with Crippen molar-refractivity contribution in [2.75, 3.05) is 5.43 Å². The first-order valence-corrected chi connectivity index (χ1v) is 8.93. The SMILES string of the molecule is C=CCn1c(C)c(/C=N\Nc2nc3ccccc3s2)c2ccccc21. The Hall–Kier alpha value is -2.92. The molecule has 0 radical (unpaired) electrons. The van der Waals surface area contributed by atoms with E-state index in [9.17, 15) is 0 Å². The van der Waals surface area contributed by atoms with Crippen LogP contribution in [0.25, 0.3) is 21.1 Å². The average molecular weight is 346 g/mol. The Morgan fingerprint density at radius 2 is 2.00 bits per heavy atom. The van der Waals surface area contributed by atoms with Crippen molar-refractivity contribution in [3.63, 3.8) is 0 Å². The Morgan fingerprint density at radius 3 is 2.84 bits per heavy atom. The van der Waals surface area contributed by atoms with Crippen LogP contribution < -0.4 is 5.43 Å². The van der Waals surface area contributed by atoms with Crippen molar-refractivity contribution in [3.05, 3.63) is 72.4 Å². The molecule has 0 atom stereocenters. The van der Waals surface area contributed by atoms with Crippen LogP contribution in [0, 0.1) is 6.92 Å². The summed E-state index contributed by atoms with van der Waals surface area (Å²) in [5, 5.41) is 6.41. The first-order chi connectivity index (χ1) is 12.3. The maximum Gasteiger partial charge on any atom is 0.204 e. The number of allylic oxidation sites excluding steroid dienone is 1. The minimum Gasteiger partial charge on any atom is -0.340 e. The molecule has 25 heavy (non-hydrogen) atoms. The third-order valence-electron chi connectivity index (χ3n) is 4.24. The number of anilines is 1. The van der Waals surface area contributed by atoms with E-state index in [-0.39, 0.29) is 0 Å². The number of thiazole rings is 1. The van der Waals surface area contributed by atoms with Crippen LogP contribution in [0.15, 0.2) is 66.3 Å². The highest BCUT2D eigenvalue weighted by atomic mass is 32.1. The van der Waals surface area contributed by atoms with Gasteiger partial charge >= 0.3 is 0 Å². The summed E-state index contributed by atoms with van der Waals surface area (Å²) < 4.78 is 3.40. The Balaban J connectivity index is 1.66.